The van der Waals surface area contributed by atoms with Crippen LogP contribution in [0.4, 0.5) is 0 Å². The first-order valence-corrected chi connectivity index (χ1v) is 7.80. The van der Waals surface area contributed by atoms with Crippen LogP contribution in [0.3, 0.4) is 0 Å². The Kier molecular flexibility index (Phi) is 9.25. The van der Waals surface area contributed by atoms with E-state index in [2.05, 4.69) is 48.4 Å². The van der Waals surface area contributed by atoms with Crippen LogP contribution >= 0.6 is 24.8 Å². The predicted molar refractivity (Wildman–Crippen MR) is 96.2 cm³/mol. The van der Waals surface area contributed by atoms with Gasteiger partial charge in [0.25, 0.3) is 0 Å². The molecule has 0 bridgehead atoms. The number of amides is 1. The molecule has 2 aliphatic heterocycles. The summed E-state index contributed by atoms with van der Waals surface area (Å²) in [5.41, 5.74) is 0.0532. The van der Waals surface area contributed by atoms with Crippen LogP contribution in [0.1, 0.15) is 26.7 Å². The van der Waals surface area contributed by atoms with Gasteiger partial charge in [0.2, 0.25) is 5.91 Å². The Morgan fingerprint density at radius 2 is 1.95 bits per heavy atom. The minimum Gasteiger partial charge on any atom is -0.353 e. The van der Waals surface area contributed by atoms with Gasteiger partial charge in [-0.1, -0.05) is 13.8 Å². The van der Waals surface area contributed by atoms with Crippen LogP contribution in [0.15, 0.2) is 0 Å². The number of piperazine rings is 1. The van der Waals surface area contributed by atoms with E-state index in [1.165, 1.54) is 0 Å². The molecule has 2 fully saturated rings. The maximum Gasteiger partial charge on any atom is 0.237 e. The summed E-state index contributed by atoms with van der Waals surface area (Å²) in [7, 11) is 4.29. The van der Waals surface area contributed by atoms with Gasteiger partial charge in [-0.15, -0.1) is 24.8 Å². The van der Waals surface area contributed by atoms with E-state index in [0.717, 1.165) is 45.6 Å². The van der Waals surface area contributed by atoms with Crippen molar-refractivity contribution in [1.82, 2.24) is 20.4 Å². The van der Waals surface area contributed by atoms with Crippen molar-refractivity contribution in [1.29, 1.82) is 0 Å². The highest BCUT2D eigenvalue weighted by Crippen LogP contribution is 2.30. The summed E-state index contributed by atoms with van der Waals surface area (Å²) in [4.78, 5) is 17.1. The molecular weight excluding hydrogens is 323 g/mol. The number of carbonyl (C=O) groups is 1. The number of likely N-dealkylation sites (N-methyl/N-ethyl adjacent to an activating group) is 2. The van der Waals surface area contributed by atoms with E-state index < -0.39 is 0 Å². The lowest BCUT2D eigenvalue weighted by Gasteiger charge is -2.40. The lowest BCUT2D eigenvalue weighted by atomic mass is 9.77. The van der Waals surface area contributed by atoms with E-state index in [0.29, 0.717) is 6.04 Å². The van der Waals surface area contributed by atoms with E-state index in [9.17, 15) is 4.79 Å². The SMILES string of the molecule is CN1CCN(C)C(CNC(=O)C2NCCCC2(C)C)C1.Cl.Cl. The third-order valence-electron chi connectivity index (χ3n) is 4.88. The summed E-state index contributed by atoms with van der Waals surface area (Å²) in [5.74, 6) is 0.163. The second-order valence-electron chi connectivity index (χ2n) is 7.12. The quantitative estimate of drug-likeness (QED) is 0.792. The third kappa shape index (κ3) is 5.53. The van der Waals surface area contributed by atoms with Crippen molar-refractivity contribution >= 4 is 30.7 Å². The zero-order chi connectivity index (χ0) is 14.8. The van der Waals surface area contributed by atoms with Gasteiger partial charge >= 0.3 is 0 Å². The molecule has 132 valence electrons. The normalized spacial score (nSPS) is 29.1. The number of nitrogens with one attached hydrogen (secondary N) is 2. The first-order chi connectivity index (χ1) is 9.40. The van der Waals surface area contributed by atoms with Crippen LogP contribution in [0.25, 0.3) is 0 Å². The van der Waals surface area contributed by atoms with Gasteiger partial charge in [-0.2, -0.15) is 0 Å². The molecule has 7 heteroatoms. The van der Waals surface area contributed by atoms with E-state index in [-0.39, 0.29) is 42.2 Å². The molecule has 0 saturated carbocycles. The van der Waals surface area contributed by atoms with Crippen LogP contribution in [0, 0.1) is 5.41 Å². The molecule has 2 rings (SSSR count). The number of halogens is 2. The number of hydrogen-bond donors (Lipinski definition) is 2. The Morgan fingerprint density at radius 3 is 2.59 bits per heavy atom. The lowest BCUT2D eigenvalue weighted by Crippen LogP contribution is -2.59. The first kappa shape index (κ1) is 21.9. The molecule has 2 N–H and O–H groups in total. The lowest BCUT2D eigenvalue weighted by molar-refractivity contribution is -0.127. The Bertz CT molecular complexity index is 354. The topological polar surface area (TPSA) is 47.6 Å². The van der Waals surface area contributed by atoms with Gasteiger partial charge in [-0.25, -0.2) is 0 Å². The Hall–Kier alpha value is -0.0700. The smallest absolute Gasteiger partial charge is 0.237 e. The molecule has 5 nitrogen and oxygen atoms in total. The van der Waals surface area contributed by atoms with Crippen molar-refractivity contribution in [2.45, 2.75) is 38.8 Å². The van der Waals surface area contributed by atoms with E-state index in [1.54, 1.807) is 0 Å². The molecule has 0 aliphatic carbocycles. The number of piperidine rings is 1. The van der Waals surface area contributed by atoms with Crippen molar-refractivity contribution in [3.8, 4) is 0 Å². The molecule has 0 spiro atoms. The molecule has 0 aromatic heterocycles. The minimum absolute atomic E-state index is 0. The van der Waals surface area contributed by atoms with Crippen molar-refractivity contribution < 1.29 is 4.79 Å². The maximum absolute atomic E-state index is 12.4. The number of carbonyl (C=O) groups excluding carboxylic acids is 1. The van der Waals surface area contributed by atoms with Gasteiger partial charge in [0.05, 0.1) is 6.04 Å². The van der Waals surface area contributed by atoms with Crippen molar-refractivity contribution in [2.24, 2.45) is 5.41 Å². The third-order valence-corrected chi connectivity index (χ3v) is 4.88. The Balaban J connectivity index is 0.00000220. The van der Waals surface area contributed by atoms with E-state index in [1.807, 2.05) is 0 Å². The van der Waals surface area contributed by atoms with Crippen LogP contribution in [0.5, 0.6) is 0 Å². The highest BCUT2D eigenvalue weighted by molar-refractivity contribution is 5.85. The monoisotopic (exact) mass is 354 g/mol. The standard InChI is InChI=1S/C15H30N4O.2ClH/c1-15(2)6-5-7-16-13(15)14(20)17-10-12-11-18(3)8-9-19(12)4;;/h12-13,16H,5-11H2,1-4H3,(H,17,20);2*1H. The fourth-order valence-electron chi connectivity index (χ4n) is 3.30. The summed E-state index contributed by atoms with van der Waals surface area (Å²) in [6.07, 6.45) is 2.27. The van der Waals surface area contributed by atoms with Gasteiger partial charge in [0.1, 0.15) is 0 Å². The molecular formula is C15H32Cl2N4O. The Labute approximate surface area is 147 Å². The first-order valence-electron chi connectivity index (χ1n) is 7.80. The van der Waals surface area contributed by atoms with Gasteiger partial charge in [0.15, 0.2) is 0 Å². The molecule has 2 unspecified atom stereocenters. The highest BCUT2D eigenvalue weighted by atomic mass is 35.5. The van der Waals surface area contributed by atoms with E-state index >= 15 is 0 Å². The second kappa shape index (κ2) is 9.28. The van der Waals surface area contributed by atoms with Crippen LogP contribution < -0.4 is 10.6 Å². The molecule has 0 aromatic rings. The van der Waals surface area contributed by atoms with E-state index in [4.69, 9.17) is 0 Å². The number of rotatable bonds is 3. The number of hydrogen-bond acceptors (Lipinski definition) is 4. The fraction of sp³-hybridized carbons (Fsp3) is 0.933. The largest absolute Gasteiger partial charge is 0.353 e. The van der Waals surface area contributed by atoms with Gasteiger partial charge in [-0.05, 0) is 38.9 Å². The van der Waals surface area contributed by atoms with Gasteiger partial charge < -0.3 is 15.5 Å². The Morgan fingerprint density at radius 1 is 1.27 bits per heavy atom. The number of nitrogens with zero attached hydrogens (tertiary/aromatic N) is 2. The zero-order valence-corrected chi connectivity index (χ0v) is 15.9. The molecule has 0 aromatic carbocycles. The summed E-state index contributed by atoms with van der Waals surface area (Å²) >= 11 is 0. The summed E-state index contributed by atoms with van der Waals surface area (Å²) in [6, 6.07) is 0.368. The molecule has 2 saturated heterocycles. The molecule has 22 heavy (non-hydrogen) atoms. The minimum atomic E-state index is -0.0529. The average molecular weight is 355 g/mol. The summed E-state index contributed by atoms with van der Waals surface area (Å²) in [6.45, 7) is 9.27. The summed E-state index contributed by atoms with van der Waals surface area (Å²) in [5, 5.41) is 6.54. The zero-order valence-electron chi connectivity index (χ0n) is 14.2. The molecule has 0 radical (unpaired) electrons. The van der Waals surface area contributed by atoms with Crippen LogP contribution in [-0.2, 0) is 4.79 Å². The highest BCUT2D eigenvalue weighted by Gasteiger charge is 2.37. The molecule has 1 amide bonds. The molecule has 2 atom stereocenters. The maximum atomic E-state index is 12.4. The molecule has 2 heterocycles. The summed E-state index contributed by atoms with van der Waals surface area (Å²) < 4.78 is 0. The van der Waals surface area contributed by atoms with Crippen LogP contribution in [0.2, 0.25) is 0 Å². The van der Waals surface area contributed by atoms with Gasteiger partial charge in [-0.3, -0.25) is 9.69 Å². The van der Waals surface area contributed by atoms with Crippen molar-refractivity contribution in [3.05, 3.63) is 0 Å². The van der Waals surface area contributed by atoms with Crippen molar-refractivity contribution in [2.75, 3.05) is 46.8 Å². The van der Waals surface area contributed by atoms with Crippen LogP contribution in [-0.4, -0.2) is 74.6 Å². The predicted octanol–water partition coefficient (Wildman–Crippen LogP) is 0.970. The average Bonchev–Trinajstić information content (AvgIpc) is 2.39. The fourth-order valence-corrected chi connectivity index (χ4v) is 3.30. The van der Waals surface area contributed by atoms with Gasteiger partial charge in [0, 0.05) is 32.2 Å². The van der Waals surface area contributed by atoms with Crippen molar-refractivity contribution in [3.63, 3.8) is 0 Å². The second-order valence-corrected chi connectivity index (χ2v) is 7.12. The molecule has 2 aliphatic rings.